The molecule has 0 bridgehead atoms. The summed E-state index contributed by atoms with van der Waals surface area (Å²) < 4.78 is 5.55. The summed E-state index contributed by atoms with van der Waals surface area (Å²) in [5, 5.41) is 8.94. The van der Waals surface area contributed by atoms with Gasteiger partial charge in [-0.25, -0.2) is 4.98 Å². The molecule has 0 amide bonds. The monoisotopic (exact) mass is 217 g/mol. The summed E-state index contributed by atoms with van der Waals surface area (Å²) >= 11 is 0. The van der Waals surface area contributed by atoms with Crippen molar-refractivity contribution in [2.75, 3.05) is 12.3 Å². The van der Waals surface area contributed by atoms with Gasteiger partial charge in [-0.3, -0.25) is 0 Å². The Bertz CT molecular complexity index is 405. The molecule has 1 fully saturated rings. The third-order valence-electron chi connectivity index (χ3n) is 2.89. The van der Waals surface area contributed by atoms with E-state index in [2.05, 4.69) is 11.1 Å². The number of pyridine rings is 1. The van der Waals surface area contributed by atoms with E-state index in [1.165, 1.54) is 0 Å². The molecule has 0 saturated carbocycles. The van der Waals surface area contributed by atoms with Crippen molar-refractivity contribution in [2.45, 2.75) is 31.8 Å². The van der Waals surface area contributed by atoms with Crippen LogP contribution in [-0.4, -0.2) is 17.7 Å². The third-order valence-corrected chi connectivity index (χ3v) is 2.89. The maximum Gasteiger partial charge on any atom is 0.123 e. The molecule has 84 valence electrons. The first-order valence-electron chi connectivity index (χ1n) is 5.55. The van der Waals surface area contributed by atoms with Crippen LogP contribution in [0, 0.1) is 11.3 Å². The van der Waals surface area contributed by atoms with Crippen LogP contribution in [0.2, 0.25) is 0 Å². The lowest BCUT2D eigenvalue weighted by Crippen LogP contribution is -2.07. The second-order valence-corrected chi connectivity index (χ2v) is 4.05. The predicted octanol–water partition coefficient (Wildman–Crippen LogP) is 1.65. The first-order chi connectivity index (χ1) is 7.79. The van der Waals surface area contributed by atoms with Crippen LogP contribution in [0.1, 0.15) is 30.4 Å². The molecule has 1 aliphatic rings. The van der Waals surface area contributed by atoms with E-state index in [0.717, 1.165) is 37.9 Å². The summed E-state index contributed by atoms with van der Waals surface area (Å²) in [5.74, 6) is 0.473. The quantitative estimate of drug-likeness (QED) is 0.835. The molecule has 2 heterocycles. The molecule has 1 atom stereocenters. The fourth-order valence-corrected chi connectivity index (χ4v) is 2.01. The van der Waals surface area contributed by atoms with Crippen LogP contribution >= 0.6 is 0 Å². The Hall–Kier alpha value is -1.60. The lowest BCUT2D eigenvalue weighted by molar-refractivity contribution is 0.104. The zero-order valence-corrected chi connectivity index (χ0v) is 9.15. The molecular weight excluding hydrogens is 202 g/mol. The van der Waals surface area contributed by atoms with Gasteiger partial charge in [-0.05, 0) is 37.3 Å². The van der Waals surface area contributed by atoms with Crippen molar-refractivity contribution < 1.29 is 4.74 Å². The molecule has 2 rings (SSSR count). The number of hydrogen-bond donors (Lipinski definition) is 1. The van der Waals surface area contributed by atoms with Crippen molar-refractivity contribution in [3.05, 3.63) is 23.4 Å². The molecule has 2 N–H and O–H groups in total. The predicted molar refractivity (Wildman–Crippen MR) is 60.7 cm³/mol. The van der Waals surface area contributed by atoms with Crippen LogP contribution in [0.4, 0.5) is 5.82 Å². The number of aromatic nitrogens is 1. The highest BCUT2D eigenvalue weighted by molar-refractivity contribution is 5.42. The summed E-state index contributed by atoms with van der Waals surface area (Å²) in [6, 6.07) is 3.92. The number of aryl methyl sites for hydroxylation is 1. The molecule has 1 unspecified atom stereocenters. The Morgan fingerprint density at radius 1 is 1.62 bits per heavy atom. The molecule has 16 heavy (non-hydrogen) atoms. The molecule has 1 aliphatic heterocycles. The van der Waals surface area contributed by atoms with Crippen LogP contribution in [0.3, 0.4) is 0 Å². The Labute approximate surface area is 95.0 Å². The zero-order chi connectivity index (χ0) is 11.4. The highest BCUT2D eigenvalue weighted by atomic mass is 16.5. The molecule has 0 aromatic carbocycles. The topological polar surface area (TPSA) is 71.9 Å². The van der Waals surface area contributed by atoms with E-state index in [1.807, 2.05) is 0 Å². The Morgan fingerprint density at radius 3 is 3.19 bits per heavy atom. The van der Waals surface area contributed by atoms with Crippen molar-refractivity contribution in [1.29, 1.82) is 5.26 Å². The summed E-state index contributed by atoms with van der Waals surface area (Å²) in [4.78, 5) is 3.91. The number of nitriles is 1. The minimum absolute atomic E-state index is 0.348. The van der Waals surface area contributed by atoms with Crippen LogP contribution in [0.5, 0.6) is 0 Å². The van der Waals surface area contributed by atoms with Gasteiger partial charge in [-0.15, -0.1) is 0 Å². The molecule has 1 saturated heterocycles. The lowest BCUT2D eigenvalue weighted by Gasteiger charge is -2.09. The Kier molecular flexibility index (Phi) is 3.37. The number of hydrogen-bond acceptors (Lipinski definition) is 4. The lowest BCUT2D eigenvalue weighted by atomic mass is 10.0. The molecular formula is C12H15N3O. The standard InChI is InChI=1S/C12H15N3O/c13-7-10-8-15-12(14)6-9(10)3-4-11-2-1-5-16-11/h6,8,11H,1-5H2,(H2,14,15). The average Bonchev–Trinajstić information content (AvgIpc) is 2.79. The number of nitrogens with zero attached hydrogens (tertiary/aromatic N) is 2. The summed E-state index contributed by atoms with van der Waals surface area (Å²) in [5.41, 5.74) is 7.21. The molecule has 4 nitrogen and oxygen atoms in total. The molecule has 4 heteroatoms. The van der Waals surface area contributed by atoms with E-state index < -0.39 is 0 Å². The van der Waals surface area contributed by atoms with E-state index in [4.69, 9.17) is 15.7 Å². The van der Waals surface area contributed by atoms with Gasteiger partial charge in [0.15, 0.2) is 0 Å². The van der Waals surface area contributed by atoms with Gasteiger partial charge in [0.1, 0.15) is 11.9 Å². The maximum atomic E-state index is 8.94. The van der Waals surface area contributed by atoms with Crippen LogP contribution in [0.25, 0.3) is 0 Å². The highest BCUT2D eigenvalue weighted by Crippen LogP contribution is 2.19. The number of ether oxygens (including phenoxy) is 1. The third kappa shape index (κ3) is 2.50. The van der Waals surface area contributed by atoms with Gasteiger partial charge in [-0.1, -0.05) is 0 Å². The van der Waals surface area contributed by atoms with Gasteiger partial charge in [0.25, 0.3) is 0 Å². The fraction of sp³-hybridized carbons (Fsp3) is 0.500. The SMILES string of the molecule is N#Cc1cnc(N)cc1CCC1CCCO1. The Balaban J connectivity index is 2.02. The van der Waals surface area contributed by atoms with E-state index in [0.29, 0.717) is 17.5 Å². The van der Waals surface area contributed by atoms with Crippen LogP contribution < -0.4 is 5.73 Å². The second-order valence-electron chi connectivity index (χ2n) is 4.05. The molecule has 0 radical (unpaired) electrons. The zero-order valence-electron chi connectivity index (χ0n) is 9.15. The summed E-state index contributed by atoms with van der Waals surface area (Å²) in [6.07, 6.45) is 5.95. The van der Waals surface area contributed by atoms with Crippen molar-refractivity contribution >= 4 is 5.82 Å². The first-order valence-corrected chi connectivity index (χ1v) is 5.55. The maximum absolute atomic E-state index is 8.94. The van der Waals surface area contributed by atoms with E-state index in [1.54, 1.807) is 12.3 Å². The highest BCUT2D eigenvalue weighted by Gasteiger charge is 2.16. The Morgan fingerprint density at radius 2 is 2.50 bits per heavy atom. The molecule has 1 aromatic rings. The van der Waals surface area contributed by atoms with Gasteiger partial charge < -0.3 is 10.5 Å². The van der Waals surface area contributed by atoms with Crippen LogP contribution in [-0.2, 0) is 11.2 Å². The normalized spacial score (nSPS) is 19.6. The summed E-state index contributed by atoms with van der Waals surface area (Å²) in [7, 11) is 0. The molecule has 0 spiro atoms. The van der Waals surface area contributed by atoms with Gasteiger partial charge in [0, 0.05) is 12.8 Å². The average molecular weight is 217 g/mol. The van der Waals surface area contributed by atoms with E-state index in [-0.39, 0.29) is 0 Å². The summed E-state index contributed by atoms with van der Waals surface area (Å²) in [6.45, 7) is 0.869. The number of nitrogens with two attached hydrogens (primary N) is 1. The molecule has 0 aliphatic carbocycles. The van der Waals surface area contributed by atoms with Gasteiger partial charge >= 0.3 is 0 Å². The smallest absolute Gasteiger partial charge is 0.123 e. The molecule has 1 aromatic heterocycles. The number of nitrogen functional groups attached to an aromatic ring is 1. The van der Waals surface area contributed by atoms with Gasteiger partial charge in [0.2, 0.25) is 0 Å². The minimum atomic E-state index is 0.348. The van der Waals surface area contributed by atoms with E-state index in [9.17, 15) is 0 Å². The van der Waals surface area contributed by atoms with Crippen molar-refractivity contribution in [3.8, 4) is 6.07 Å². The van der Waals surface area contributed by atoms with E-state index >= 15 is 0 Å². The van der Waals surface area contributed by atoms with Gasteiger partial charge in [0.05, 0.1) is 11.7 Å². The van der Waals surface area contributed by atoms with Gasteiger partial charge in [-0.2, -0.15) is 5.26 Å². The minimum Gasteiger partial charge on any atom is -0.384 e. The van der Waals surface area contributed by atoms with Crippen molar-refractivity contribution in [2.24, 2.45) is 0 Å². The van der Waals surface area contributed by atoms with Crippen LogP contribution in [0.15, 0.2) is 12.3 Å². The fourth-order valence-electron chi connectivity index (χ4n) is 2.01. The van der Waals surface area contributed by atoms with Crippen molar-refractivity contribution in [3.63, 3.8) is 0 Å². The van der Waals surface area contributed by atoms with Crippen molar-refractivity contribution in [1.82, 2.24) is 4.98 Å². The number of anilines is 1. The largest absolute Gasteiger partial charge is 0.384 e. The first kappa shape index (κ1) is 10.9. The number of rotatable bonds is 3. The second kappa shape index (κ2) is 4.95.